The molecule has 0 saturated heterocycles. The van der Waals surface area contributed by atoms with Crippen LogP contribution in [0.4, 0.5) is 11.6 Å². The average Bonchev–Trinajstić information content (AvgIpc) is 2.54. The quantitative estimate of drug-likeness (QED) is 0.737. The number of aryl methyl sites for hydroxylation is 1. The maximum atomic E-state index is 5.25. The minimum absolute atomic E-state index is 0.758. The van der Waals surface area contributed by atoms with Crippen molar-refractivity contribution < 1.29 is 4.74 Å². The molecule has 0 amide bonds. The molecule has 24 heavy (non-hydrogen) atoms. The lowest BCUT2D eigenvalue weighted by Crippen LogP contribution is -2.21. The highest BCUT2D eigenvalue weighted by Gasteiger charge is 2.02. The third-order valence-corrected chi connectivity index (χ3v) is 3.56. The van der Waals surface area contributed by atoms with E-state index in [1.807, 2.05) is 25.1 Å². The summed E-state index contributed by atoms with van der Waals surface area (Å²) in [5.41, 5.74) is 1.23. The van der Waals surface area contributed by atoms with Crippen LogP contribution in [0.1, 0.15) is 11.4 Å². The van der Waals surface area contributed by atoms with Crippen LogP contribution in [0.25, 0.3) is 0 Å². The summed E-state index contributed by atoms with van der Waals surface area (Å²) >= 11 is 0. The molecule has 6 nitrogen and oxygen atoms in total. The molecule has 2 rings (SSSR count). The van der Waals surface area contributed by atoms with Gasteiger partial charge in [0.2, 0.25) is 0 Å². The summed E-state index contributed by atoms with van der Waals surface area (Å²) in [5.74, 6) is 3.34. The van der Waals surface area contributed by atoms with Crippen LogP contribution in [0, 0.1) is 6.92 Å². The molecular weight excluding hydrogens is 302 g/mol. The zero-order valence-corrected chi connectivity index (χ0v) is 15.0. The van der Waals surface area contributed by atoms with E-state index in [2.05, 4.69) is 51.7 Å². The molecule has 0 radical (unpaired) electrons. The summed E-state index contributed by atoms with van der Waals surface area (Å²) in [6.07, 6.45) is 0.906. The second-order valence-electron chi connectivity index (χ2n) is 5.94. The van der Waals surface area contributed by atoms with Crippen molar-refractivity contribution in [1.29, 1.82) is 0 Å². The Morgan fingerprint density at radius 2 is 1.75 bits per heavy atom. The van der Waals surface area contributed by atoms with Crippen LogP contribution in [0.3, 0.4) is 0 Å². The fourth-order valence-corrected chi connectivity index (χ4v) is 2.32. The number of benzene rings is 1. The first-order valence-electron chi connectivity index (χ1n) is 8.18. The zero-order valence-electron chi connectivity index (χ0n) is 15.0. The number of anilines is 2. The number of nitrogens with zero attached hydrogens (tertiary/aromatic N) is 3. The molecule has 0 aliphatic carbocycles. The number of hydrogen-bond acceptors (Lipinski definition) is 6. The van der Waals surface area contributed by atoms with Gasteiger partial charge in [-0.25, -0.2) is 9.97 Å². The number of aromatic nitrogens is 2. The number of rotatable bonds is 9. The standard InChI is InChI=1S/C18H27N5O/c1-14-21-17(13-18(22-14)20-10-11-23(2)3)19-9-8-15-6-5-7-16(12-15)24-4/h5-7,12-13H,8-11H2,1-4H3,(H2,19,20,21,22). The van der Waals surface area contributed by atoms with E-state index in [0.29, 0.717) is 0 Å². The van der Waals surface area contributed by atoms with E-state index in [1.165, 1.54) is 5.56 Å². The van der Waals surface area contributed by atoms with Crippen LogP contribution in [0.15, 0.2) is 30.3 Å². The highest BCUT2D eigenvalue weighted by Crippen LogP contribution is 2.14. The van der Waals surface area contributed by atoms with Crippen LogP contribution in [-0.2, 0) is 6.42 Å². The van der Waals surface area contributed by atoms with Gasteiger partial charge in [-0.1, -0.05) is 12.1 Å². The predicted molar refractivity (Wildman–Crippen MR) is 99.0 cm³/mol. The summed E-state index contributed by atoms with van der Waals surface area (Å²) in [6, 6.07) is 10.1. The normalized spacial score (nSPS) is 10.7. The van der Waals surface area contributed by atoms with Crippen molar-refractivity contribution >= 4 is 11.6 Å². The summed E-state index contributed by atoms with van der Waals surface area (Å²) in [4.78, 5) is 11.0. The Morgan fingerprint density at radius 1 is 1.04 bits per heavy atom. The molecule has 0 aliphatic rings. The second-order valence-corrected chi connectivity index (χ2v) is 5.94. The molecule has 1 aromatic heterocycles. The molecule has 0 atom stereocenters. The highest BCUT2D eigenvalue weighted by molar-refractivity contribution is 5.47. The minimum atomic E-state index is 0.758. The molecule has 1 heterocycles. The Hall–Kier alpha value is -2.34. The maximum Gasteiger partial charge on any atom is 0.131 e. The third kappa shape index (κ3) is 6.04. The fourth-order valence-electron chi connectivity index (χ4n) is 2.32. The molecule has 0 unspecified atom stereocenters. The minimum Gasteiger partial charge on any atom is -0.497 e. The molecule has 0 bridgehead atoms. The number of ether oxygens (including phenoxy) is 1. The van der Waals surface area contributed by atoms with Crippen molar-refractivity contribution in [3.8, 4) is 5.75 Å². The van der Waals surface area contributed by atoms with Crippen LogP contribution in [0.2, 0.25) is 0 Å². The van der Waals surface area contributed by atoms with Crippen LogP contribution >= 0.6 is 0 Å². The van der Waals surface area contributed by atoms with Crippen LogP contribution < -0.4 is 15.4 Å². The SMILES string of the molecule is COc1cccc(CCNc2cc(NCCN(C)C)nc(C)n2)c1. The Kier molecular flexibility index (Phi) is 6.81. The average molecular weight is 329 g/mol. The lowest BCUT2D eigenvalue weighted by Gasteiger charge is -2.12. The highest BCUT2D eigenvalue weighted by atomic mass is 16.5. The van der Waals surface area contributed by atoms with E-state index in [0.717, 1.165) is 49.3 Å². The Bertz CT molecular complexity index is 645. The van der Waals surface area contributed by atoms with Gasteiger partial charge in [-0.05, 0) is 45.1 Å². The lowest BCUT2D eigenvalue weighted by molar-refractivity contribution is 0.414. The molecule has 6 heteroatoms. The molecule has 0 saturated carbocycles. The fraction of sp³-hybridized carbons (Fsp3) is 0.444. The van der Waals surface area contributed by atoms with Crippen molar-refractivity contribution in [2.24, 2.45) is 0 Å². The van der Waals surface area contributed by atoms with Gasteiger partial charge in [0.05, 0.1) is 7.11 Å². The first-order chi connectivity index (χ1) is 11.6. The Labute approximate surface area is 144 Å². The Balaban J connectivity index is 1.88. The molecule has 130 valence electrons. The smallest absolute Gasteiger partial charge is 0.131 e. The number of nitrogens with one attached hydrogen (secondary N) is 2. The van der Waals surface area contributed by atoms with Gasteiger partial charge in [0.15, 0.2) is 0 Å². The first-order valence-corrected chi connectivity index (χ1v) is 8.18. The maximum absolute atomic E-state index is 5.25. The monoisotopic (exact) mass is 329 g/mol. The van der Waals surface area contributed by atoms with Gasteiger partial charge < -0.3 is 20.3 Å². The van der Waals surface area contributed by atoms with Gasteiger partial charge in [0, 0.05) is 25.7 Å². The van der Waals surface area contributed by atoms with E-state index >= 15 is 0 Å². The first kappa shape index (κ1) is 18.0. The topological polar surface area (TPSA) is 62.3 Å². The van der Waals surface area contributed by atoms with Crippen molar-refractivity contribution in [2.45, 2.75) is 13.3 Å². The van der Waals surface area contributed by atoms with Gasteiger partial charge in [0.25, 0.3) is 0 Å². The van der Waals surface area contributed by atoms with Gasteiger partial charge in [0.1, 0.15) is 23.2 Å². The molecule has 0 aliphatic heterocycles. The van der Waals surface area contributed by atoms with Gasteiger partial charge in [-0.2, -0.15) is 0 Å². The van der Waals surface area contributed by atoms with Gasteiger partial charge in [-0.3, -0.25) is 0 Å². The van der Waals surface area contributed by atoms with Gasteiger partial charge in [-0.15, -0.1) is 0 Å². The van der Waals surface area contributed by atoms with E-state index in [9.17, 15) is 0 Å². The van der Waals surface area contributed by atoms with Crippen LogP contribution in [0.5, 0.6) is 5.75 Å². The number of likely N-dealkylation sites (N-methyl/N-ethyl adjacent to an activating group) is 1. The van der Waals surface area contributed by atoms with Crippen molar-refractivity contribution in [2.75, 3.05) is 51.5 Å². The largest absolute Gasteiger partial charge is 0.497 e. The molecule has 0 spiro atoms. The molecule has 2 aromatic rings. The van der Waals surface area contributed by atoms with E-state index in [1.54, 1.807) is 7.11 Å². The lowest BCUT2D eigenvalue weighted by atomic mass is 10.1. The van der Waals surface area contributed by atoms with E-state index in [-0.39, 0.29) is 0 Å². The van der Waals surface area contributed by atoms with E-state index < -0.39 is 0 Å². The summed E-state index contributed by atoms with van der Waals surface area (Å²) in [6.45, 7) is 4.53. The summed E-state index contributed by atoms with van der Waals surface area (Å²) in [7, 11) is 5.79. The Morgan fingerprint density at radius 3 is 2.42 bits per heavy atom. The van der Waals surface area contributed by atoms with Crippen molar-refractivity contribution in [3.63, 3.8) is 0 Å². The third-order valence-electron chi connectivity index (χ3n) is 3.56. The molecule has 0 fully saturated rings. The van der Waals surface area contributed by atoms with Gasteiger partial charge >= 0.3 is 0 Å². The zero-order chi connectivity index (χ0) is 17.4. The van der Waals surface area contributed by atoms with Crippen molar-refractivity contribution in [1.82, 2.24) is 14.9 Å². The molecule has 1 aromatic carbocycles. The molecular formula is C18H27N5O. The summed E-state index contributed by atoms with van der Waals surface area (Å²) < 4.78 is 5.25. The van der Waals surface area contributed by atoms with E-state index in [4.69, 9.17) is 4.74 Å². The van der Waals surface area contributed by atoms with Crippen molar-refractivity contribution in [3.05, 3.63) is 41.7 Å². The molecule has 2 N–H and O–H groups in total. The van der Waals surface area contributed by atoms with Crippen LogP contribution in [-0.4, -0.2) is 55.7 Å². The second kappa shape index (κ2) is 9.08. The predicted octanol–water partition coefficient (Wildman–Crippen LogP) is 2.42. The number of methoxy groups -OCH3 is 1. The summed E-state index contributed by atoms with van der Waals surface area (Å²) in [5, 5.41) is 6.70. The number of hydrogen-bond donors (Lipinski definition) is 2.